The van der Waals surface area contributed by atoms with Crippen LogP contribution in [0, 0.1) is 116 Å². The first kappa shape index (κ1) is 90.8. The standard InChI is InChI=1S/C12H13N3O4.C10H11N3O2.C9H10ClN3.C9H11N3O.C9H12O3S.C6H10N3.C6H8N2.C6H6O4.Cl2OS.ClH/c1-6-5-13-7(2)10-8(11(16)18-3)9(12(17)19-4)14-15(6)10;1-6-5-11-7(2)9-4-8(10(14)15-3)12-13(6)9;1-6-5-11-7(2)9-3-8(4-10)12-13(6)9;1-6-4-10-7(2)9-3-8(5-13)11-12(6)9;1-6-4-7(2)9(8(3)5-6)13(10,11)12;1-5-4-9(7)6(2)3-8-5;1-5-3-8-6(2)4-7-5;1-9-5(7)3-4-6(8)10-2;1-4(2)3;/h5H,1-4H3;4-5H,1-3H3;3,5H,4H2,1-2H3;3-4,13H,5H2,1-2H3;4-5H,1-3H3,(H,10,11,12);3-4H,1-2H3,(H2,7,8);3-4H,1-2H3;1-2H3;;1H/q;;;;;+1;;;;/p-1. The highest BCUT2D eigenvalue weighted by Gasteiger charge is 2.28. The van der Waals surface area contributed by atoms with E-state index in [1.165, 1.54) is 40.1 Å². The first-order chi connectivity index (χ1) is 48.8. The van der Waals surface area contributed by atoms with E-state index in [9.17, 15) is 36.9 Å². The molecular weight excluding hydrogens is 1490 g/mol. The van der Waals surface area contributed by atoms with Gasteiger partial charge in [-0.25, -0.2) is 65.5 Å². The molecule has 10 heterocycles. The maximum absolute atomic E-state index is 11.9. The van der Waals surface area contributed by atoms with Gasteiger partial charge in [0, 0.05) is 83.4 Å². The van der Waals surface area contributed by atoms with Crippen molar-refractivity contribution in [3.05, 3.63) is 193 Å². The van der Waals surface area contributed by atoms with Gasteiger partial charge in [-0.1, -0.05) is 22.4 Å². The van der Waals surface area contributed by atoms with Crippen molar-refractivity contribution in [1.29, 1.82) is 0 Å². The zero-order chi connectivity index (χ0) is 78.6. The second kappa shape index (κ2) is 43.1. The van der Waals surface area contributed by atoms with Crippen molar-refractivity contribution in [2.75, 3.05) is 41.4 Å². The highest BCUT2D eigenvalue weighted by molar-refractivity contribution is 8.26. The number of nitrogens with zero attached hydrogens (tertiary/aromatic N) is 16. The lowest BCUT2D eigenvalue weighted by atomic mass is 10.1. The van der Waals surface area contributed by atoms with Crippen LogP contribution in [0.2, 0.25) is 0 Å². The number of nitrogens with two attached hydrogens (primary N) is 1. The van der Waals surface area contributed by atoms with Crippen LogP contribution in [0.15, 0.2) is 84.8 Å². The van der Waals surface area contributed by atoms with Crippen LogP contribution in [0.25, 0.3) is 22.1 Å². The van der Waals surface area contributed by atoms with Crippen LogP contribution in [0.4, 0.5) is 0 Å². The van der Waals surface area contributed by atoms with Gasteiger partial charge in [0.05, 0.1) is 144 Å². The van der Waals surface area contributed by atoms with E-state index in [4.69, 9.17) is 31.5 Å². The number of esters is 5. The summed E-state index contributed by atoms with van der Waals surface area (Å²) >= 11 is 5.71. The molecule has 0 saturated heterocycles. The number of carbonyl (C=O) groups excluding carboxylic acids is 5. The SMILES string of the molecule is COC(=O)C#CC(=O)OC.COC(=O)c1cc2c(C)ncc(C)n2n1.COC(=O)c1nn2c(C)cnc(C)c2c1C(=O)OC.Cc1c[n+](N)c(C)cn1.Cc1cc(C)c(S(=O)(=O)[O-])c(C)c1.Cc1cnc(C)cn1.Cc1ncc(C)n2nc(CCl)cc12.Cc1ncc(C)n2nc(CO)cc12.Cl.O=S(Cl)Cl. The van der Waals surface area contributed by atoms with Gasteiger partial charge in [-0.05, 0) is 120 Å². The fraction of sp³-hybridized carbons (Fsp3) is 0.328. The summed E-state index contributed by atoms with van der Waals surface area (Å²) < 4.78 is 72.2. The molecule has 1 aromatic carbocycles. The van der Waals surface area contributed by atoms with Gasteiger partial charge in [-0.2, -0.15) is 20.4 Å². The number of fused-ring (bicyclic) bond motifs is 4. The van der Waals surface area contributed by atoms with Crippen molar-refractivity contribution in [2.45, 2.75) is 121 Å². The Kier molecular flexibility index (Phi) is 37.3. The highest BCUT2D eigenvalue weighted by Crippen LogP contribution is 2.23. The molecule has 10 aromatic heterocycles. The fourth-order valence-electron chi connectivity index (χ4n) is 8.77. The van der Waals surface area contributed by atoms with Crippen molar-refractivity contribution in [3.8, 4) is 11.8 Å². The van der Waals surface area contributed by atoms with E-state index in [1.54, 1.807) is 103 Å². The molecule has 3 N–H and O–H groups in total. The number of rotatable bonds is 6. The van der Waals surface area contributed by atoms with E-state index in [2.05, 4.69) is 95.6 Å². The molecule has 32 nitrogen and oxygen atoms in total. The number of aryl methyl sites for hydroxylation is 15. The monoisotopic (exact) mass is 1570 g/mol. The molecule has 0 amide bonds. The molecule has 0 aliphatic carbocycles. The zero-order valence-corrected chi connectivity index (χ0v) is 65.9. The Balaban J connectivity index is 0.000000409. The normalized spacial score (nSPS) is 10.1. The molecule has 105 heavy (non-hydrogen) atoms. The molecule has 11 aromatic rings. The third-order valence-electron chi connectivity index (χ3n) is 13.7. The number of alkyl halides is 1. The van der Waals surface area contributed by atoms with Crippen LogP contribution in [-0.4, -0.2) is 161 Å². The van der Waals surface area contributed by atoms with Gasteiger partial charge in [-0.3, -0.25) is 29.9 Å². The molecule has 0 radical (unpaired) electrons. The third kappa shape index (κ3) is 27.4. The molecule has 0 aliphatic rings. The predicted molar refractivity (Wildman–Crippen MR) is 392 cm³/mol. The van der Waals surface area contributed by atoms with Gasteiger partial charge < -0.3 is 33.3 Å². The number of benzene rings is 1. The summed E-state index contributed by atoms with van der Waals surface area (Å²) in [4.78, 5) is 84.2. The van der Waals surface area contributed by atoms with E-state index in [1.807, 2.05) is 111 Å². The van der Waals surface area contributed by atoms with E-state index >= 15 is 0 Å². The number of methoxy groups -OCH3 is 5. The lowest BCUT2D eigenvalue weighted by Crippen LogP contribution is -2.47. The Bertz CT molecular complexity index is 4790. The number of ether oxygens (including phenoxy) is 5. The maximum Gasteiger partial charge on any atom is 0.384 e. The van der Waals surface area contributed by atoms with Gasteiger partial charge >= 0.3 is 29.8 Å². The maximum atomic E-state index is 11.9. The molecule has 38 heteroatoms. The summed E-state index contributed by atoms with van der Waals surface area (Å²) in [6.45, 7) is 27.8. The second-order valence-electron chi connectivity index (χ2n) is 21.9. The first-order valence-electron chi connectivity index (χ1n) is 30.3. The van der Waals surface area contributed by atoms with E-state index in [0.29, 0.717) is 45.3 Å². The Morgan fingerprint density at radius 1 is 0.533 bits per heavy atom. The van der Waals surface area contributed by atoms with E-state index < -0.39 is 49.2 Å². The van der Waals surface area contributed by atoms with Crippen molar-refractivity contribution in [3.63, 3.8) is 0 Å². The van der Waals surface area contributed by atoms with Gasteiger partial charge in [0.2, 0.25) is 21.1 Å². The number of hydrogen-bond donors (Lipinski definition) is 2. The zero-order valence-electron chi connectivity index (χ0n) is 61.2. The molecular formula is C67H81Cl4N17O15S2. The molecule has 0 spiro atoms. The number of nitrogen functional groups attached to an aromatic ring is 1. The number of aliphatic hydroxyl groups is 1. The van der Waals surface area contributed by atoms with Crippen molar-refractivity contribution >= 4 is 117 Å². The molecule has 0 bridgehead atoms. The smallest absolute Gasteiger partial charge is 0.384 e. The minimum Gasteiger partial charge on any atom is -0.744 e. The summed E-state index contributed by atoms with van der Waals surface area (Å²) in [6, 6.07) is 8.90. The van der Waals surface area contributed by atoms with Crippen LogP contribution in [0.3, 0.4) is 0 Å². The first-order valence-corrected chi connectivity index (χ1v) is 35.1. The average molecular weight is 1570 g/mol. The molecule has 0 fully saturated rings. The number of aliphatic hydroxyl groups excluding tert-OH is 1. The van der Waals surface area contributed by atoms with Gasteiger partial charge in [-0.15, -0.1) is 24.0 Å². The molecule has 0 saturated carbocycles. The van der Waals surface area contributed by atoms with Crippen molar-refractivity contribution < 1.29 is 74.6 Å². The summed E-state index contributed by atoms with van der Waals surface area (Å²) in [5, 5.41) is 25.7. The van der Waals surface area contributed by atoms with Gasteiger partial charge in [0.15, 0.2) is 11.4 Å². The number of carbonyl (C=O) groups is 5. The summed E-state index contributed by atoms with van der Waals surface area (Å²) in [5.74, 6) is 6.45. The quantitative estimate of drug-likeness (QED) is 0.0183. The number of hydrogen-bond acceptors (Lipinski definition) is 27. The van der Waals surface area contributed by atoms with Crippen LogP contribution in [-0.2, 0) is 65.1 Å². The molecule has 0 unspecified atom stereocenters. The molecule has 564 valence electrons. The highest BCUT2D eigenvalue weighted by atomic mass is 36.0. The molecule has 11 rings (SSSR count). The van der Waals surface area contributed by atoms with Crippen LogP contribution >= 0.6 is 45.4 Å². The number of halogens is 4. The Morgan fingerprint density at radius 3 is 1.29 bits per heavy atom. The minimum atomic E-state index is -4.33. The summed E-state index contributed by atoms with van der Waals surface area (Å²) in [7, 11) is 9.18. The Labute approximate surface area is 628 Å². The van der Waals surface area contributed by atoms with Crippen molar-refractivity contribution in [1.82, 2.24) is 73.3 Å². The van der Waals surface area contributed by atoms with Gasteiger partial charge in [0.1, 0.15) is 26.9 Å². The predicted octanol–water partition coefficient (Wildman–Crippen LogP) is 8.08. The minimum absolute atomic E-state index is 0. The lowest BCUT2D eigenvalue weighted by Gasteiger charge is -2.14. The van der Waals surface area contributed by atoms with E-state index in [-0.39, 0.29) is 35.2 Å². The summed E-state index contributed by atoms with van der Waals surface area (Å²) in [6.07, 6.45) is 14.0. The van der Waals surface area contributed by atoms with E-state index in [0.717, 1.165) is 84.7 Å². The molecule has 0 aliphatic heterocycles. The number of aromatic nitrogens is 16. The second-order valence-corrected chi connectivity index (χ2v) is 26.0. The fourth-order valence-corrected chi connectivity index (χ4v) is 9.81. The largest absolute Gasteiger partial charge is 0.744 e. The van der Waals surface area contributed by atoms with Crippen molar-refractivity contribution in [2.24, 2.45) is 0 Å². The topological polar surface area (TPSA) is 415 Å². The van der Waals surface area contributed by atoms with Crippen LogP contribution in [0.5, 0.6) is 0 Å². The van der Waals surface area contributed by atoms with Crippen LogP contribution < -0.4 is 10.5 Å². The van der Waals surface area contributed by atoms with Gasteiger partial charge in [0.25, 0.3) is 0 Å². The average Bonchev–Trinajstić information content (AvgIpc) is 1.62. The Morgan fingerprint density at radius 2 is 0.924 bits per heavy atom. The lowest BCUT2D eigenvalue weighted by molar-refractivity contribution is -0.646. The Hall–Kier alpha value is -10.3. The summed E-state index contributed by atoms with van der Waals surface area (Å²) in [5.41, 5.74) is 17.9. The molecule has 0 atom stereocenters. The van der Waals surface area contributed by atoms with Crippen LogP contribution in [0.1, 0.15) is 128 Å². The third-order valence-corrected chi connectivity index (χ3v) is 15.2.